The molecule has 0 aliphatic rings. The van der Waals surface area contributed by atoms with Gasteiger partial charge in [-0.25, -0.2) is 19.6 Å². The number of rotatable bonds is 2. The van der Waals surface area contributed by atoms with Crippen molar-refractivity contribution in [3.8, 4) is 0 Å². The molecule has 2 aromatic rings. The van der Waals surface area contributed by atoms with E-state index in [2.05, 4.69) is 14.7 Å². The van der Waals surface area contributed by atoms with E-state index in [0.717, 1.165) is 6.07 Å². The van der Waals surface area contributed by atoms with Gasteiger partial charge in [0.25, 0.3) is 0 Å². The van der Waals surface area contributed by atoms with E-state index in [0.29, 0.717) is 5.69 Å². The summed E-state index contributed by atoms with van der Waals surface area (Å²) >= 11 is 0. The van der Waals surface area contributed by atoms with Crippen LogP contribution in [0, 0.1) is 6.92 Å². The van der Waals surface area contributed by atoms with Gasteiger partial charge < -0.3 is 9.84 Å². The number of aromatic carboxylic acids is 1. The number of nitrogens with zero attached hydrogens (tertiary/aromatic N) is 3. The van der Waals surface area contributed by atoms with Crippen molar-refractivity contribution < 1.29 is 19.4 Å². The Kier molecular flexibility index (Phi) is 2.51. The first-order valence-electron chi connectivity index (χ1n) is 4.71. The molecule has 0 amide bonds. The van der Waals surface area contributed by atoms with Crippen LogP contribution in [0.25, 0.3) is 5.78 Å². The van der Waals surface area contributed by atoms with Crippen molar-refractivity contribution in [1.82, 2.24) is 14.4 Å². The molecule has 0 atom stereocenters. The van der Waals surface area contributed by atoms with Crippen LogP contribution < -0.4 is 0 Å². The van der Waals surface area contributed by atoms with E-state index in [1.54, 1.807) is 13.1 Å². The Morgan fingerprint density at radius 3 is 2.71 bits per heavy atom. The number of esters is 1. The topological polar surface area (TPSA) is 93.8 Å². The van der Waals surface area contributed by atoms with Crippen LogP contribution in [0.1, 0.15) is 26.7 Å². The number of aromatic nitrogens is 3. The summed E-state index contributed by atoms with van der Waals surface area (Å²) < 4.78 is 5.98. The molecule has 0 aliphatic carbocycles. The highest BCUT2D eigenvalue weighted by molar-refractivity contribution is 5.92. The van der Waals surface area contributed by atoms with E-state index in [9.17, 15) is 9.59 Å². The number of carboxylic acid groups (broad SMARTS) is 1. The summed E-state index contributed by atoms with van der Waals surface area (Å²) in [5, 5.41) is 8.88. The molecule has 0 aromatic carbocycles. The molecule has 2 rings (SSSR count). The number of carboxylic acids is 1. The van der Waals surface area contributed by atoms with Crippen molar-refractivity contribution in [3.63, 3.8) is 0 Å². The molecule has 7 heteroatoms. The zero-order valence-electron chi connectivity index (χ0n) is 9.17. The number of ether oxygens (including phenoxy) is 1. The van der Waals surface area contributed by atoms with Gasteiger partial charge in [0.1, 0.15) is 5.69 Å². The third-order valence-electron chi connectivity index (χ3n) is 2.17. The standard InChI is InChI=1S/C10H9N3O4/c1-5-4-13-7(9(16)17-2)3-6(8(14)15)12-10(13)11-5/h3-4H,1-2H3,(H,14,15). The molecule has 0 radical (unpaired) electrons. The lowest BCUT2D eigenvalue weighted by atomic mass is 10.3. The van der Waals surface area contributed by atoms with Crippen molar-refractivity contribution in [2.45, 2.75) is 6.92 Å². The molecule has 0 saturated heterocycles. The van der Waals surface area contributed by atoms with Crippen LogP contribution in [0.5, 0.6) is 0 Å². The van der Waals surface area contributed by atoms with Crippen LogP contribution in [0.4, 0.5) is 0 Å². The predicted octanol–water partition coefficient (Wildman–Crippen LogP) is 0.523. The highest BCUT2D eigenvalue weighted by Gasteiger charge is 2.17. The van der Waals surface area contributed by atoms with Gasteiger partial charge in [0.15, 0.2) is 5.69 Å². The van der Waals surface area contributed by atoms with Gasteiger partial charge in [-0.3, -0.25) is 4.40 Å². The second kappa shape index (κ2) is 3.85. The van der Waals surface area contributed by atoms with Gasteiger partial charge in [0.2, 0.25) is 5.78 Å². The van der Waals surface area contributed by atoms with Crippen LogP contribution in [0.2, 0.25) is 0 Å². The molecule has 2 heterocycles. The summed E-state index contributed by atoms with van der Waals surface area (Å²) in [5.41, 5.74) is 0.462. The van der Waals surface area contributed by atoms with Crippen LogP contribution in [0.3, 0.4) is 0 Å². The van der Waals surface area contributed by atoms with Crippen molar-refractivity contribution in [2.75, 3.05) is 7.11 Å². The fourth-order valence-electron chi connectivity index (χ4n) is 1.45. The summed E-state index contributed by atoms with van der Waals surface area (Å²) in [6.45, 7) is 1.72. The minimum absolute atomic E-state index is 0.0792. The van der Waals surface area contributed by atoms with Gasteiger partial charge in [-0.2, -0.15) is 0 Å². The van der Waals surface area contributed by atoms with Gasteiger partial charge in [0.05, 0.1) is 12.8 Å². The normalized spacial score (nSPS) is 10.5. The van der Waals surface area contributed by atoms with Crippen LogP contribution in [-0.4, -0.2) is 38.5 Å². The summed E-state index contributed by atoms with van der Waals surface area (Å²) in [7, 11) is 1.22. The first-order chi connectivity index (χ1) is 8.02. The van der Waals surface area contributed by atoms with E-state index in [1.165, 1.54) is 11.5 Å². The summed E-state index contributed by atoms with van der Waals surface area (Å²) in [6, 6.07) is 1.16. The smallest absolute Gasteiger partial charge is 0.355 e. The Balaban J connectivity index is 2.77. The second-order valence-corrected chi connectivity index (χ2v) is 3.38. The van der Waals surface area contributed by atoms with Crippen molar-refractivity contribution in [1.29, 1.82) is 0 Å². The number of carbonyl (C=O) groups excluding carboxylic acids is 1. The van der Waals surface area contributed by atoms with Gasteiger partial charge >= 0.3 is 11.9 Å². The molecular formula is C10H9N3O4. The van der Waals surface area contributed by atoms with Crippen molar-refractivity contribution >= 4 is 17.7 Å². The largest absolute Gasteiger partial charge is 0.477 e. The Bertz CT molecular complexity index is 617. The zero-order valence-corrected chi connectivity index (χ0v) is 9.17. The molecule has 0 unspecified atom stereocenters. The minimum atomic E-state index is -1.22. The third kappa shape index (κ3) is 1.82. The zero-order chi connectivity index (χ0) is 12.6. The highest BCUT2D eigenvalue weighted by atomic mass is 16.5. The van der Waals surface area contributed by atoms with E-state index >= 15 is 0 Å². The summed E-state index contributed by atoms with van der Waals surface area (Å²) in [5.74, 6) is -1.71. The fourth-order valence-corrected chi connectivity index (χ4v) is 1.45. The molecular weight excluding hydrogens is 226 g/mol. The summed E-state index contributed by atoms with van der Waals surface area (Å²) in [6.07, 6.45) is 1.58. The van der Waals surface area contributed by atoms with Crippen LogP contribution in [0.15, 0.2) is 12.3 Å². The minimum Gasteiger partial charge on any atom is -0.477 e. The van der Waals surface area contributed by atoms with E-state index in [-0.39, 0.29) is 17.2 Å². The van der Waals surface area contributed by atoms with E-state index in [4.69, 9.17) is 5.11 Å². The first kappa shape index (κ1) is 11.1. The molecule has 0 saturated carbocycles. The molecule has 0 aliphatic heterocycles. The number of carbonyl (C=O) groups is 2. The monoisotopic (exact) mass is 235 g/mol. The maximum atomic E-state index is 11.5. The lowest BCUT2D eigenvalue weighted by Gasteiger charge is -2.03. The number of fused-ring (bicyclic) bond motifs is 1. The Labute approximate surface area is 95.7 Å². The third-order valence-corrected chi connectivity index (χ3v) is 2.17. The van der Waals surface area contributed by atoms with Crippen molar-refractivity contribution in [2.24, 2.45) is 0 Å². The molecule has 0 spiro atoms. The molecule has 0 fully saturated rings. The fraction of sp³-hybridized carbons (Fsp3) is 0.200. The molecule has 0 bridgehead atoms. The molecule has 7 nitrogen and oxygen atoms in total. The molecule has 1 N–H and O–H groups in total. The average Bonchev–Trinajstić information content (AvgIpc) is 2.66. The van der Waals surface area contributed by atoms with Crippen LogP contribution >= 0.6 is 0 Å². The molecule has 2 aromatic heterocycles. The SMILES string of the molecule is COC(=O)c1cc(C(=O)O)nc2nc(C)cn12. The average molecular weight is 235 g/mol. The van der Waals surface area contributed by atoms with E-state index < -0.39 is 11.9 Å². The lowest BCUT2D eigenvalue weighted by molar-refractivity contribution is 0.0592. The Morgan fingerprint density at radius 1 is 1.41 bits per heavy atom. The van der Waals surface area contributed by atoms with E-state index in [1.807, 2.05) is 0 Å². The van der Waals surface area contributed by atoms with Gasteiger partial charge in [-0.1, -0.05) is 0 Å². The van der Waals surface area contributed by atoms with Gasteiger partial charge in [0, 0.05) is 12.3 Å². The predicted molar refractivity (Wildman–Crippen MR) is 56.0 cm³/mol. The quantitative estimate of drug-likeness (QED) is 0.763. The number of methoxy groups -OCH3 is 1. The number of aryl methyl sites for hydroxylation is 1. The molecule has 88 valence electrons. The van der Waals surface area contributed by atoms with Crippen LogP contribution in [-0.2, 0) is 4.74 Å². The van der Waals surface area contributed by atoms with Gasteiger partial charge in [-0.05, 0) is 6.92 Å². The first-order valence-corrected chi connectivity index (χ1v) is 4.71. The number of hydrogen-bond donors (Lipinski definition) is 1. The Hall–Kier alpha value is -2.44. The maximum absolute atomic E-state index is 11.5. The van der Waals surface area contributed by atoms with Gasteiger partial charge in [-0.15, -0.1) is 0 Å². The maximum Gasteiger partial charge on any atom is 0.355 e. The number of hydrogen-bond acceptors (Lipinski definition) is 5. The number of imidazole rings is 1. The highest BCUT2D eigenvalue weighted by Crippen LogP contribution is 2.10. The molecule has 17 heavy (non-hydrogen) atoms. The van der Waals surface area contributed by atoms with Crippen molar-refractivity contribution in [3.05, 3.63) is 29.3 Å². The summed E-state index contributed by atoms with van der Waals surface area (Å²) in [4.78, 5) is 30.2. The second-order valence-electron chi connectivity index (χ2n) is 3.38. The Morgan fingerprint density at radius 2 is 2.12 bits per heavy atom. The lowest BCUT2D eigenvalue weighted by Crippen LogP contribution is -2.12.